The van der Waals surface area contributed by atoms with Crippen molar-refractivity contribution in [3.05, 3.63) is 71.4 Å². The van der Waals surface area contributed by atoms with Gasteiger partial charge < -0.3 is 9.88 Å². The maximum atomic E-state index is 3.81. The zero-order valence-corrected chi connectivity index (χ0v) is 16.6. The third-order valence-electron chi connectivity index (χ3n) is 5.97. The molecule has 0 unspecified atom stereocenters. The Morgan fingerprint density at radius 3 is 2.41 bits per heavy atom. The molecule has 1 N–H and O–H groups in total. The molecule has 0 amide bonds. The van der Waals surface area contributed by atoms with E-state index in [-0.39, 0.29) is 0 Å². The first-order chi connectivity index (χ1) is 13.3. The minimum absolute atomic E-state index is 1.11. The van der Waals surface area contributed by atoms with E-state index < -0.39 is 0 Å². The van der Waals surface area contributed by atoms with Gasteiger partial charge in [-0.2, -0.15) is 0 Å². The molecular weight excluding hydrogens is 328 g/mol. The van der Waals surface area contributed by atoms with Crippen molar-refractivity contribution in [3.8, 4) is 22.4 Å². The number of aromatic nitrogens is 1. The topological polar surface area (TPSA) is 19.0 Å². The number of nitrogens with zero attached hydrogens (tertiary/aromatic N) is 1. The van der Waals surface area contributed by atoms with Gasteiger partial charge in [-0.3, -0.25) is 0 Å². The molecule has 4 rings (SSSR count). The molecule has 0 spiro atoms. The number of fused-ring (bicyclic) bond motifs is 3. The van der Waals surface area contributed by atoms with Crippen LogP contribution in [0.1, 0.15) is 37.1 Å². The monoisotopic (exact) mass is 358 g/mol. The van der Waals surface area contributed by atoms with Crippen LogP contribution in [-0.2, 0) is 19.3 Å². The summed E-state index contributed by atoms with van der Waals surface area (Å²) >= 11 is 0. The van der Waals surface area contributed by atoms with Crippen molar-refractivity contribution in [1.82, 2.24) is 9.88 Å². The molecule has 1 aliphatic rings. The Labute approximate surface area is 163 Å². The van der Waals surface area contributed by atoms with Crippen molar-refractivity contribution in [2.45, 2.75) is 39.5 Å². The van der Waals surface area contributed by atoms with Gasteiger partial charge in [0.2, 0.25) is 0 Å². The van der Waals surface area contributed by atoms with Crippen LogP contribution in [0.25, 0.3) is 22.4 Å². The predicted molar refractivity (Wildman–Crippen MR) is 115 cm³/mol. The molecule has 0 fully saturated rings. The summed E-state index contributed by atoms with van der Waals surface area (Å²) in [6.07, 6.45) is 4.58. The number of benzene rings is 2. The second-order valence-corrected chi connectivity index (χ2v) is 7.49. The molecule has 1 aromatic heterocycles. The number of nitrogens with one attached hydrogen (secondary N) is 1. The quantitative estimate of drug-likeness (QED) is 0.572. The molecular formula is C25H30N2. The third kappa shape index (κ3) is 3.59. The molecule has 2 nitrogen and oxygen atoms in total. The van der Waals surface area contributed by atoms with E-state index in [4.69, 9.17) is 0 Å². The number of aromatic amines is 1. The fourth-order valence-corrected chi connectivity index (χ4v) is 4.47. The summed E-state index contributed by atoms with van der Waals surface area (Å²) in [5.41, 5.74) is 9.99. The van der Waals surface area contributed by atoms with Gasteiger partial charge in [-0.15, -0.1) is 0 Å². The molecule has 140 valence electrons. The van der Waals surface area contributed by atoms with Crippen molar-refractivity contribution in [1.29, 1.82) is 0 Å². The normalized spacial score (nSPS) is 12.9. The van der Waals surface area contributed by atoms with Crippen LogP contribution in [0.15, 0.2) is 54.6 Å². The van der Waals surface area contributed by atoms with Gasteiger partial charge in [0.1, 0.15) is 0 Å². The fraction of sp³-hybridized carbons (Fsp3) is 0.360. The lowest BCUT2D eigenvalue weighted by atomic mass is 9.86. The van der Waals surface area contributed by atoms with Crippen LogP contribution in [0.4, 0.5) is 0 Å². The molecule has 0 bridgehead atoms. The van der Waals surface area contributed by atoms with Crippen LogP contribution in [-0.4, -0.2) is 29.5 Å². The number of hydrogen-bond donors (Lipinski definition) is 1. The Kier molecular flexibility index (Phi) is 5.45. The second-order valence-electron chi connectivity index (χ2n) is 7.49. The highest BCUT2D eigenvalue weighted by Gasteiger charge is 2.24. The Balaban J connectivity index is 1.74. The highest BCUT2D eigenvalue weighted by Crippen LogP contribution is 2.41. The lowest BCUT2D eigenvalue weighted by Crippen LogP contribution is -2.24. The van der Waals surface area contributed by atoms with Gasteiger partial charge >= 0.3 is 0 Å². The van der Waals surface area contributed by atoms with Gasteiger partial charge in [-0.25, -0.2) is 0 Å². The smallest absolute Gasteiger partial charge is 0.0495 e. The predicted octanol–water partition coefficient (Wildman–Crippen LogP) is 5.72. The van der Waals surface area contributed by atoms with Crippen LogP contribution >= 0.6 is 0 Å². The number of rotatable bonds is 7. The summed E-state index contributed by atoms with van der Waals surface area (Å²) in [5, 5.41) is 0. The maximum Gasteiger partial charge on any atom is 0.0495 e. The summed E-state index contributed by atoms with van der Waals surface area (Å²) in [6, 6.07) is 19.8. The maximum absolute atomic E-state index is 3.81. The average molecular weight is 359 g/mol. The number of hydrogen-bond acceptors (Lipinski definition) is 1. The van der Waals surface area contributed by atoms with Crippen LogP contribution in [0.2, 0.25) is 0 Å². The first-order valence-electron chi connectivity index (χ1n) is 10.4. The van der Waals surface area contributed by atoms with Crippen LogP contribution < -0.4 is 0 Å². The van der Waals surface area contributed by atoms with E-state index in [9.17, 15) is 0 Å². The SMILES string of the molecule is CCN(CC)CCCc1c(-c2ccccc2)[nH]c2c1-c1ccccc1CC2. The Hall–Kier alpha value is -2.32. The van der Waals surface area contributed by atoms with E-state index >= 15 is 0 Å². The van der Waals surface area contributed by atoms with Crippen molar-refractivity contribution in [3.63, 3.8) is 0 Å². The van der Waals surface area contributed by atoms with Crippen molar-refractivity contribution < 1.29 is 0 Å². The minimum Gasteiger partial charge on any atom is -0.358 e. The van der Waals surface area contributed by atoms with E-state index in [0.29, 0.717) is 0 Å². The molecule has 0 radical (unpaired) electrons. The van der Waals surface area contributed by atoms with Crippen molar-refractivity contribution >= 4 is 0 Å². The molecule has 1 heterocycles. The molecule has 0 atom stereocenters. The van der Waals surface area contributed by atoms with Crippen LogP contribution in [0.5, 0.6) is 0 Å². The van der Waals surface area contributed by atoms with Gasteiger partial charge in [-0.05, 0) is 67.6 Å². The molecule has 1 aliphatic carbocycles. The highest BCUT2D eigenvalue weighted by atomic mass is 15.1. The van der Waals surface area contributed by atoms with Gasteiger partial charge in [0, 0.05) is 17.0 Å². The number of aryl methyl sites for hydroxylation is 2. The largest absolute Gasteiger partial charge is 0.358 e. The third-order valence-corrected chi connectivity index (χ3v) is 5.97. The van der Waals surface area contributed by atoms with Crippen LogP contribution in [0.3, 0.4) is 0 Å². The molecule has 2 heteroatoms. The van der Waals surface area contributed by atoms with Gasteiger partial charge in [0.15, 0.2) is 0 Å². The van der Waals surface area contributed by atoms with E-state index in [2.05, 4.69) is 78.3 Å². The van der Waals surface area contributed by atoms with Crippen molar-refractivity contribution in [2.75, 3.05) is 19.6 Å². The van der Waals surface area contributed by atoms with Gasteiger partial charge in [-0.1, -0.05) is 68.4 Å². The lowest BCUT2D eigenvalue weighted by molar-refractivity contribution is 0.300. The Bertz CT molecular complexity index is 888. The Morgan fingerprint density at radius 2 is 1.63 bits per heavy atom. The summed E-state index contributed by atoms with van der Waals surface area (Å²) in [7, 11) is 0. The highest BCUT2D eigenvalue weighted by molar-refractivity contribution is 5.82. The first-order valence-corrected chi connectivity index (χ1v) is 10.4. The number of H-pyrrole nitrogens is 1. The first kappa shape index (κ1) is 18.1. The molecule has 2 aromatic carbocycles. The summed E-state index contributed by atoms with van der Waals surface area (Å²) < 4.78 is 0. The molecule has 27 heavy (non-hydrogen) atoms. The summed E-state index contributed by atoms with van der Waals surface area (Å²) in [6.45, 7) is 7.95. The average Bonchev–Trinajstić information content (AvgIpc) is 3.11. The molecule has 0 aliphatic heterocycles. The molecule has 0 saturated heterocycles. The fourth-order valence-electron chi connectivity index (χ4n) is 4.47. The molecule has 3 aromatic rings. The van der Waals surface area contributed by atoms with E-state index in [1.54, 1.807) is 0 Å². The minimum atomic E-state index is 1.11. The summed E-state index contributed by atoms with van der Waals surface area (Å²) in [4.78, 5) is 6.33. The van der Waals surface area contributed by atoms with E-state index in [0.717, 1.165) is 32.4 Å². The Morgan fingerprint density at radius 1 is 0.889 bits per heavy atom. The zero-order chi connectivity index (χ0) is 18.6. The van der Waals surface area contributed by atoms with E-state index in [1.807, 2.05) is 0 Å². The van der Waals surface area contributed by atoms with Gasteiger partial charge in [0.25, 0.3) is 0 Å². The van der Waals surface area contributed by atoms with Crippen molar-refractivity contribution in [2.24, 2.45) is 0 Å². The summed E-state index contributed by atoms with van der Waals surface area (Å²) in [5.74, 6) is 0. The standard InChI is InChI=1S/C25H30N2/c1-3-27(4-2)18-10-15-22-24-21-14-9-8-11-19(21)16-17-23(24)26-25(22)20-12-6-5-7-13-20/h5-9,11-14,26H,3-4,10,15-18H2,1-2H3. The molecule has 0 saturated carbocycles. The zero-order valence-electron chi connectivity index (χ0n) is 16.6. The van der Waals surface area contributed by atoms with Crippen LogP contribution in [0, 0.1) is 0 Å². The second kappa shape index (κ2) is 8.14. The van der Waals surface area contributed by atoms with Gasteiger partial charge in [0.05, 0.1) is 0 Å². The van der Waals surface area contributed by atoms with E-state index in [1.165, 1.54) is 52.2 Å². The lowest BCUT2D eigenvalue weighted by Gasteiger charge is -2.20.